The number of aromatic nitrogens is 6. The molecule has 2 aliphatic rings. The summed E-state index contributed by atoms with van der Waals surface area (Å²) in [6, 6.07) is 12.1. The molecular formula is C28H34N8O. The van der Waals surface area contributed by atoms with E-state index in [9.17, 15) is 4.79 Å². The minimum absolute atomic E-state index is 0.0453. The summed E-state index contributed by atoms with van der Waals surface area (Å²) in [4.78, 5) is 23.1. The smallest absolute Gasteiger partial charge is 0.254 e. The Labute approximate surface area is 217 Å². The molecule has 2 aliphatic heterocycles. The van der Waals surface area contributed by atoms with Crippen LogP contribution in [0, 0.1) is 0 Å². The number of amides is 1. The predicted molar refractivity (Wildman–Crippen MR) is 142 cm³/mol. The van der Waals surface area contributed by atoms with E-state index in [0.29, 0.717) is 18.7 Å². The second-order valence-electron chi connectivity index (χ2n) is 10.4. The molecule has 1 amide bonds. The molecule has 0 bridgehead atoms. The van der Waals surface area contributed by atoms with Crippen LogP contribution in [0.2, 0.25) is 0 Å². The second-order valence-corrected chi connectivity index (χ2v) is 10.4. The van der Waals surface area contributed by atoms with Crippen molar-refractivity contribution in [1.82, 2.24) is 39.3 Å². The van der Waals surface area contributed by atoms with Gasteiger partial charge in [0.2, 0.25) is 0 Å². The minimum atomic E-state index is 0.0453. The summed E-state index contributed by atoms with van der Waals surface area (Å²) in [6.07, 6.45) is 6.46. The fourth-order valence-corrected chi connectivity index (χ4v) is 5.47. The summed E-state index contributed by atoms with van der Waals surface area (Å²) in [6.45, 7) is 8.97. The largest absolute Gasteiger partial charge is 0.336 e. The van der Waals surface area contributed by atoms with Crippen LogP contribution in [0.4, 0.5) is 0 Å². The van der Waals surface area contributed by atoms with Crippen molar-refractivity contribution in [3.8, 4) is 11.3 Å². The highest BCUT2D eigenvalue weighted by atomic mass is 16.2. The third-order valence-corrected chi connectivity index (χ3v) is 7.57. The minimum Gasteiger partial charge on any atom is -0.336 e. The van der Waals surface area contributed by atoms with E-state index in [1.807, 2.05) is 46.0 Å². The normalized spacial score (nSPS) is 16.8. The maximum Gasteiger partial charge on any atom is 0.254 e. The molecule has 0 unspecified atom stereocenters. The van der Waals surface area contributed by atoms with Gasteiger partial charge in [0.05, 0.1) is 29.4 Å². The van der Waals surface area contributed by atoms with E-state index in [2.05, 4.69) is 38.6 Å². The van der Waals surface area contributed by atoms with Crippen LogP contribution in [0.1, 0.15) is 61.2 Å². The fraction of sp³-hybridized carbons (Fsp3) is 0.464. The van der Waals surface area contributed by atoms with Crippen molar-refractivity contribution in [3.05, 3.63) is 59.8 Å². The number of hydrogen-bond donors (Lipinski definition) is 0. The first-order chi connectivity index (χ1) is 18.1. The molecule has 9 nitrogen and oxygen atoms in total. The van der Waals surface area contributed by atoms with Crippen molar-refractivity contribution < 1.29 is 4.79 Å². The van der Waals surface area contributed by atoms with Gasteiger partial charge in [0.25, 0.3) is 5.91 Å². The van der Waals surface area contributed by atoms with Gasteiger partial charge in [0.1, 0.15) is 11.6 Å². The number of benzene rings is 1. The lowest BCUT2D eigenvalue weighted by Gasteiger charge is -2.34. The van der Waals surface area contributed by atoms with Crippen LogP contribution in [0.3, 0.4) is 0 Å². The van der Waals surface area contributed by atoms with Gasteiger partial charge >= 0.3 is 0 Å². The van der Waals surface area contributed by atoms with Gasteiger partial charge in [-0.25, -0.2) is 9.67 Å². The van der Waals surface area contributed by atoms with Gasteiger partial charge in [-0.3, -0.25) is 9.69 Å². The Hall–Kier alpha value is -3.59. The van der Waals surface area contributed by atoms with Crippen LogP contribution in [-0.4, -0.2) is 71.4 Å². The quantitative estimate of drug-likeness (QED) is 0.414. The third-order valence-electron chi connectivity index (χ3n) is 7.57. The summed E-state index contributed by atoms with van der Waals surface area (Å²) in [5, 5.41) is 14.3. The third kappa shape index (κ3) is 4.64. The number of carbonyl (C=O) groups is 1. The summed E-state index contributed by atoms with van der Waals surface area (Å²) in [5.41, 5.74) is 3.22. The monoisotopic (exact) mass is 498 g/mol. The highest BCUT2D eigenvalue weighted by molar-refractivity contribution is 6.06. The Morgan fingerprint density at radius 2 is 1.78 bits per heavy atom. The molecule has 37 heavy (non-hydrogen) atoms. The zero-order valence-corrected chi connectivity index (χ0v) is 21.7. The Morgan fingerprint density at radius 1 is 0.973 bits per heavy atom. The standard InChI is InChI=1S/C28H34N8O/c1-20(2)36-27-23(18-29-36)22(17-24(30-27)21-9-5-3-6-10-21)28(37)34-15-13-33(14-16-34)19-26-32-31-25-11-7-4-8-12-35(25)26/h3,5-6,9-10,17-18,20H,4,7-8,11-16,19H2,1-2H3. The van der Waals surface area contributed by atoms with Gasteiger partial charge in [-0.05, 0) is 32.8 Å². The number of carbonyl (C=O) groups excluding carboxylic acids is 1. The van der Waals surface area contributed by atoms with E-state index in [1.165, 1.54) is 19.3 Å². The van der Waals surface area contributed by atoms with Gasteiger partial charge < -0.3 is 9.47 Å². The Balaban J connectivity index is 1.22. The first kappa shape index (κ1) is 23.8. The molecule has 6 rings (SSSR count). The van der Waals surface area contributed by atoms with Gasteiger partial charge in [-0.2, -0.15) is 5.10 Å². The van der Waals surface area contributed by atoms with Gasteiger partial charge in [0, 0.05) is 50.7 Å². The average Bonchev–Trinajstić information content (AvgIpc) is 3.44. The van der Waals surface area contributed by atoms with Crippen molar-refractivity contribution in [3.63, 3.8) is 0 Å². The van der Waals surface area contributed by atoms with Crippen LogP contribution in [0.25, 0.3) is 22.3 Å². The van der Waals surface area contributed by atoms with E-state index in [1.54, 1.807) is 6.20 Å². The molecule has 3 aromatic heterocycles. The molecule has 0 N–H and O–H groups in total. The van der Waals surface area contributed by atoms with Gasteiger partial charge in [-0.1, -0.05) is 36.8 Å². The predicted octanol–water partition coefficient (Wildman–Crippen LogP) is 3.96. The molecule has 192 valence electrons. The lowest BCUT2D eigenvalue weighted by Crippen LogP contribution is -2.48. The molecule has 5 heterocycles. The van der Waals surface area contributed by atoms with E-state index in [4.69, 9.17) is 4.98 Å². The number of hydrogen-bond acceptors (Lipinski definition) is 6. The van der Waals surface area contributed by atoms with Crippen LogP contribution < -0.4 is 0 Å². The van der Waals surface area contributed by atoms with Crippen LogP contribution in [0.5, 0.6) is 0 Å². The van der Waals surface area contributed by atoms with Crippen molar-refractivity contribution in [1.29, 1.82) is 0 Å². The lowest BCUT2D eigenvalue weighted by molar-refractivity contribution is 0.0625. The molecule has 4 aromatic rings. The number of rotatable bonds is 5. The molecule has 1 aromatic carbocycles. The Bertz CT molecular complexity index is 1400. The molecule has 0 atom stereocenters. The molecule has 1 saturated heterocycles. The van der Waals surface area contributed by atoms with E-state index in [0.717, 1.165) is 66.5 Å². The summed E-state index contributed by atoms with van der Waals surface area (Å²) in [7, 11) is 0. The van der Waals surface area contributed by atoms with Crippen LogP contribution in [-0.2, 0) is 19.5 Å². The first-order valence-electron chi connectivity index (χ1n) is 13.4. The maximum atomic E-state index is 13.8. The molecule has 9 heteroatoms. The number of aryl methyl sites for hydroxylation is 1. The summed E-state index contributed by atoms with van der Waals surface area (Å²) < 4.78 is 4.22. The number of nitrogens with zero attached hydrogens (tertiary/aromatic N) is 8. The topological polar surface area (TPSA) is 85.0 Å². The fourth-order valence-electron chi connectivity index (χ4n) is 5.47. The van der Waals surface area contributed by atoms with Gasteiger partial charge in [0.15, 0.2) is 5.65 Å². The summed E-state index contributed by atoms with van der Waals surface area (Å²) >= 11 is 0. The average molecular weight is 499 g/mol. The van der Waals surface area contributed by atoms with Crippen molar-refractivity contribution in [2.45, 2.75) is 58.7 Å². The first-order valence-corrected chi connectivity index (χ1v) is 13.4. The Kier molecular flexibility index (Phi) is 6.46. The number of pyridine rings is 1. The van der Waals surface area contributed by atoms with Crippen molar-refractivity contribution in [2.75, 3.05) is 26.2 Å². The van der Waals surface area contributed by atoms with Crippen LogP contribution >= 0.6 is 0 Å². The van der Waals surface area contributed by atoms with E-state index < -0.39 is 0 Å². The van der Waals surface area contributed by atoms with Crippen LogP contribution in [0.15, 0.2) is 42.6 Å². The highest BCUT2D eigenvalue weighted by Crippen LogP contribution is 2.27. The highest BCUT2D eigenvalue weighted by Gasteiger charge is 2.27. The Morgan fingerprint density at radius 3 is 2.57 bits per heavy atom. The summed E-state index contributed by atoms with van der Waals surface area (Å²) in [5.74, 6) is 2.23. The zero-order chi connectivity index (χ0) is 25.4. The van der Waals surface area contributed by atoms with E-state index >= 15 is 0 Å². The van der Waals surface area contributed by atoms with Crippen molar-refractivity contribution >= 4 is 16.9 Å². The maximum absolute atomic E-state index is 13.8. The zero-order valence-electron chi connectivity index (χ0n) is 21.7. The second kappa shape index (κ2) is 10.0. The molecule has 1 fully saturated rings. The lowest BCUT2D eigenvalue weighted by atomic mass is 10.1. The molecule has 0 spiro atoms. The SMILES string of the molecule is CC(C)n1ncc2c(C(=O)N3CCN(Cc4nnc5n4CCCCC5)CC3)cc(-c3ccccc3)nc21. The molecule has 0 aliphatic carbocycles. The molecule has 0 radical (unpaired) electrons. The van der Waals surface area contributed by atoms with Gasteiger partial charge in [-0.15, -0.1) is 10.2 Å². The molecule has 0 saturated carbocycles. The molecular weight excluding hydrogens is 464 g/mol. The number of fused-ring (bicyclic) bond motifs is 2. The van der Waals surface area contributed by atoms with E-state index in [-0.39, 0.29) is 11.9 Å². The number of piperazine rings is 1. The van der Waals surface area contributed by atoms with Crippen molar-refractivity contribution in [2.24, 2.45) is 0 Å².